The average Bonchev–Trinajstić information content (AvgIpc) is 2.65. The molecule has 0 radical (unpaired) electrons. The van der Waals surface area contributed by atoms with E-state index >= 15 is 0 Å². The van der Waals surface area contributed by atoms with Crippen molar-refractivity contribution in [1.29, 1.82) is 0 Å². The van der Waals surface area contributed by atoms with E-state index in [4.69, 9.17) is 4.74 Å². The van der Waals surface area contributed by atoms with Crippen LogP contribution in [0.15, 0.2) is 59.7 Å². The smallest absolute Gasteiger partial charge is 0.343 e. The largest absolute Gasteiger partial charge is 0.482 e. The molecule has 0 heterocycles. The Hall–Kier alpha value is -3.15. The maximum atomic E-state index is 11.8. The molecule has 0 aliphatic carbocycles. The van der Waals surface area contributed by atoms with Crippen LogP contribution in [0.2, 0.25) is 0 Å². The number of carbonyl (C=O) groups is 2. The fourth-order valence-corrected chi connectivity index (χ4v) is 2.02. The number of nitrogens with one attached hydrogen (secondary N) is 1. The maximum Gasteiger partial charge on any atom is 0.343 e. The topological polar surface area (TPSA) is 77.0 Å². The highest BCUT2D eigenvalue weighted by atomic mass is 16.6. The molecule has 0 saturated carbocycles. The molecule has 0 saturated heterocycles. The molecular formula is C19H20N2O4. The molecule has 0 spiro atoms. The summed E-state index contributed by atoms with van der Waals surface area (Å²) in [6, 6.07) is 16.8. The van der Waals surface area contributed by atoms with E-state index in [-0.39, 0.29) is 12.5 Å². The fourth-order valence-electron chi connectivity index (χ4n) is 2.02. The van der Waals surface area contributed by atoms with Gasteiger partial charge in [-0.05, 0) is 29.7 Å². The van der Waals surface area contributed by atoms with Gasteiger partial charge in [-0.1, -0.05) is 42.5 Å². The Morgan fingerprint density at radius 2 is 1.92 bits per heavy atom. The number of hydrogen-bond donors (Lipinski definition) is 1. The molecule has 6 heteroatoms. The Bertz CT molecular complexity index is 729. The summed E-state index contributed by atoms with van der Waals surface area (Å²) >= 11 is 0. The second-order valence-electron chi connectivity index (χ2n) is 5.22. The van der Waals surface area contributed by atoms with Crippen molar-refractivity contribution in [2.24, 2.45) is 5.10 Å². The van der Waals surface area contributed by atoms with Gasteiger partial charge in [-0.25, -0.2) is 10.2 Å². The Morgan fingerprint density at radius 1 is 1.12 bits per heavy atom. The number of methoxy groups -OCH3 is 1. The highest BCUT2D eigenvalue weighted by molar-refractivity contribution is 5.83. The lowest BCUT2D eigenvalue weighted by Gasteiger charge is -2.05. The van der Waals surface area contributed by atoms with Crippen molar-refractivity contribution in [3.05, 3.63) is 65.7 Å². The molecule has 25 heavy (non-hydrogen) atoms. The van der Waals surface area contributed by atoms with E-state index in [1.807, 2.05) is 36.4 Å². The second kappa shape index (κ2) is 9.87. The van der Waals surface area contributed by atoms with Crippen molar-refractivity contribution in [3.8, 4) is 5.75 Å². The summed E-state index contributed by atoms with van der Waals surface area (Å²) in [5, 5.41) is 3.93. The zero-order valence-electron chi connectivity index (χ0n) is 14.0. The third-order valence-corrected chi connectivity index (χ3v) is 3.33. The van der Waals surface area contributed by atoms with Crippen LogP contribution in [0, 0.1) is 0 Å². The number of rotatable bonds is 8. The van der Waals surface area contributed by atoms with Gasteiger partial charge >= 0.3 is 5.97 Å². The lowest BCUT2D eigenvalue weighted by molar-refractivity contribution is -0.142. The quantitative estimate of drug-likeness (QED) is 0.454. The van der Waals surface area contributed by atoms with Crippen molar-refractivity contribution in [2.45, 2.75) is 12.8 Å². The first-order chi connectivity index (χ1) is 12.2. The van der Waals surface area contributed by atoms with Crippen LogP contribution >= 0.6 is 0 Å². The van der Waals surface area contributed by atoms with Crippen LogP contribution in [0.5, 0.6) is 5.75 Å². The van der Waals surface area contributed by atoms with Gasteiger partial charge in [0.25, 0.3) is 0 Å². The monoisotopic (exact) mass is 340 g/mol. The molecule has 6 nitrogen and oxygen atoms in total. The molecule has 1 amide bonds. The highest BCUT2D eigenvalue weighted by Crippen LogP contribution is 2.12. The highest BCUT2D eigenvalue weighted by Gasteiger charge is 2.02. The Kier molecular flexibility index (Phi) is 7.18. The van der Waals surface area contributed by atoms with E-state index in [2.05, 4.69) is 15.3 Å². The van der Waals surface area contributed by atoms with Gasteiger partial charge in [-0.3, -0.25) is 4.79 Å². The minimum atomic E-state index is -0.454. The van der Waals surface area contributed by atoms with Gasteiger partial charge in [0, 0.05) is 6.42 Å². The molecule has 0 atom stereocenters. The Balaban J connectivity index is 1.79. The number of hydrazone groups is 1. The molecule has 0 fully saturated rings. The maximum absolute atomic E-state index is 11.8. The zero-order chi connectivity index (χ0) is 17.9. The minimum Gasteiger partial charge on any atom is -0.482 e. The van der Waals surface area contributed by atoms with E-state index in [1.54, 1.807) is 18.2 Å². The van der Waals surface area contributed by atoms with Gasteiger partial charge in [-0.2, -0.15) is 5.10 Å². The molecule has 130 valence electrons. The van der Waals surface area contributed by atoms with Crippen LogP contribution < -0.4 is 10.2 Å². The van der Waals surface area contributed by atoms with Gasteiger partial charge in [0.15, 0.2) is 6.61 Å². The summed E-state index contributed by atoms with van der Waals surface area (Å²) in [7, 11) is 1.30. The van der Waals surface area contributed by atoms with Crippen LogP contribution in [0.4, 0.5) is 0 Å². The van der Waals surface area contributed by atoms with Gasteiger partial charge < -0.3 is 9.47 Å². The number of benzene rings is 2. The Morgan fingerprint density at radius 3 is 2.68 bits per heavy atom. The molecular weight excluding hydrogens is 320 g/mol. The third-order valence-electron chi connectivity index (χ3n) is 3.33. The van der Waals surface area contributed by atoms with E-state index in [9.17, 15) is 9.59 Å². The zero-order valence-corrected chi connectivity index (χ0v) is 14.0. The van der Waals surface area contributed by atoms with Crippen LogP contribution in [-0.2, 0) is 20.7 Å². The normalized spacial score (nSPS) is 10.4. The van der Waals surface area contributed by atoms with Crippen molar-refractivity contribution in [3.63, 3.8) is 0 Å². The lowest BCUT2D eigenvalue weighted by atomic mass is 10.1. The van der Waals surface area contributed by atoms with Gasteiger partial charge in [0.1, 0.15) is 5.75 Å². The number of amides is 1. The van der Waals surface area contributed by atoms with Crippen molar-refractivity contribution in [2.75, 3.05) is 13.7 Å². The number of carbonyl (C=O) groups excluding carboxylic acids is 2. The summed E-state index contributed by atoms with van der Waals surface area (Å²) < 4.78 is 9.80. The number of hydrogen-bond acceptors (Lipinski definition) is 5. The van der Waals surface area contributed by atoms with Crippen LogP contribution in [0.25, 0.3) is 0 Å². The SMILES string of the molecule is COC(=O)COc1cccc(/C=N\NC(=O)CCc2ccccc2)c1. The Labute approximate surface area is 146 Å². The van der Waals surface area contributed by atoms with E-state index in [1.165, 1.54) is 13.3 Å². The summed E-state index contributed by atoms with van der Waals surface area (Å²) in [5.74, 6) is -0.0901. The van der Waals surface area contributed by atoms with Gasteiger partial charge in [-0.15, -0.1) is 0 Å². The fraction of sp³-hybridized carbons (Fsp3) is 0.211. The first kappa shape index (κ1) is 18.2. The molecule has 1 N–H and O–H groups in total. The van der Waals surface area contributed by atoms with Gasteiger partial charge in [0.2, 0.25) is 5.91 Å². The van der Waals surface area contributed by atoms with Crippen LogP contribution in [-0.4, -0.2) is 31.8 Å². The summed E-state index contributed by atoms with van der Waals surface area (Å²) in [6.07, 6.45) is 2.55. The lowest BCUT2D eigenvalue weighted by Crippen LogP contribution is -2.17. The minimum absolute atomic E-state index is 0.154. The van der Waals surface area contributed by atoms with Gasteiger partial charge in [0.05, 0.1) is 13.3 Å². The molecule has 2 aromatic carbocycles. The molecule has 0 aromatic heterocycles. The third kappa shape index (κ3) is 6.87. The van der Waals surface area contributed by atoms with E-state index < -0.39 is 5.97 Å². The van der Waals surface area contributed by atoms with Crippen molar-refractivity contribution in [1.82, 2.24) is 5.43 Å². The molecule has 2 rings (SSSR count). The summed E-state index contributed by atoms with van der Waals surface area (Å²) in [5.41, 5.74) is 4.35. The second-order valence-corrected chi connectivity index (χ2v) is 5.22. The summed E-state index contributed by atoms with van der Waals surface area (Å²) in [6.45, 7) is -0.159. The van der Waals surface area contributed by atoms with E-state index in [0.29, 0.717) is 18.6 Å². The predicted molar refractivity (Wildman–Crippen MR) is 94.5 cm³/mol. The van der Waals surface area contributed by atoms with Crippen LogP contribution in [0.3, 0.4) is 0 Å². The number of ether oxygens (including phenoxy) is 2. The first-order valence-electron chi connectivity index (χ1n) is 7.83. The summed E-state index contributed by atoms with van der Waals surface area (Å²) in [4.78, 5) is 22.8. The van der Waals surface area contributed by atoms with Crippen molar-refractivity contribution < 1.29 is 19.1 Å². The number of nitrogens with zero attached hydrogens (tertiary/aromatic N) is 1. The molecule has 0 aliphatic rings. The first-order valence-corrected chi connectivity index (χ1v) is 7.83. The number of aryl methyl sites for hydroxylation is 1. The molecule has 2 aromatic rings. The predicted octanol–water partition coefficient (Wildman–Crippen LogP) is 2.32. The molecule has 0 aliphatic heterocycles. The number of esters is 1. The van der Waals surface area contributed by atoms with Crippen LogP contribution in [0.1, 0.15) is 17.5 Å². The average molecular weight is 340 g/mol. The van der Waals surface area contributed by atoms with Crippen molar-refractivity contribution >= 4 is 18.1 Å². The van der Waals surface area contributed by atoms with E-state index in [0.717, 1.165) is 11.1 Å². The molecule has 0 bridgehead atoms. The molecule has 0 unspecified atom stereocenters. The standard InChI is InChI=1S/C19H20N2O4/c1-24-19(23)14-25-17-9-5-8-16(12-17)13-20-21-18(22)11-10-15-6-3-2-4-7-15/h2-9,12-13H,10-11,14H2,1H3,(H,21,22)/b20-13-.